The quantitative estimate of drug-likeness (QED) is 0.867. The first-order chi connectivity index (χ1) is 8.58. The Morgan fingerprint density at radius 2 is 1.95 bits per heavy atom. The first kappa shape index (κ1) is 16.0. The van der Waals surface area contributed by atoms with Gasteiger partial charge in [-0.2, -0.15) is 0 Å². The van der Waals surface area contributed by atoms with Crippen molar-refractivity contribution in [2.24, 2.45) is 5.92 Å². The van der Waals surface area contributed by atoms with Gasteiger partial charge in [0.05, 0.1) is 5.60 Å². The van der Waals surface area contributed by atoms with Gasteiger partial charge in [0, 0.05) is 6.54 Å². The molecule has 0 aliphatic heterocycles. The normalized spacial score (nSPS) is 15.5. The number of sulfonamides is 1. The van der Waals surface area contributed by atoms with Gasteiger partial charge in [-0.15, -0.1) is 0 Å². The van der Waals surface area contributed by atoms with Gasteiger partial charge in [0.1, 0.15) is 4.90 Å². The summed E-state index contributed by atoms with van der Waals surface area (Å²) >= 11 is 0. The zero-order chi connectivity index (χ0) is 14.8. The zero-order valence-corrected chi connectivity index (χ0v) is 11.8. The minimum atomic E-state index is -4.21. The number of hydrogen-bond acceptors (Lipinski definition) is 3. The number of rotatable bonds is 5. The van der Waals surface area contributed by atoms with Gasteiger partial charge in [0.25, 0.3) is 0 Å². The number of halogens is 2. The molecule has 19 heavy (non-hydrogen) atoms. The Labute approximate surface area is 111 Å². The lowest BCUT2D eigenvalue weighted by Gasteiger charge is -2.27. The maximum atomic E-state index is 13.4. The smallest absolute Gasteiger partial charge is 0.243 e. The van der Waals surface area contributed by atoms with Crippen LogP contribution >= 0.6 is 0 Å². The van der Waals surface area contributed by atoms with Gasteiger partial charge in [-0.1, -0.05) is 19.9 Å². The molecule has 0 spiro atoms. The highest BCUT2D eigenvalue weighted by atomic mass is 32.2. The van der Waals surface area contributed by atoms with Crippen LogP contribution in [0.2, 0.25) is 0 Å². The van der Waals surface area contributed by atoms with E-state index < -0.39 is 32.2 Å². The molecule has 0 saturated carbocycles. The Bertz CT molecular complexity index is 556. The Balaban J connectivity index is 2.97. The van der Waals surface area contributed by atoms with E-state index in [1.54, 1.807) is 13.8 Å². The Morgan fingerprint density at radius 1 is 1.37 bits per heavy atom. The minimum Gasteiger partial charge on any atom is -0.389 e. The fraction of sp³-hybridized carbons (Fsp3) is 0.500. The van der Waals surface area contributed by atoms with E-state index in [1.165, 1.54) is 6.92 Å². The van der Waals surface area contributed by atoms with Gasteiger partial charge in [-0.05, 0) is 25.0 Å². The fourth-order valence-electron chi connectivity index (χ4n) is 1.21. The van der Waals surface area contributed by atoms with E-state index in [1.807, 2.05) is 0 Å². The van der Waals surface area contributed by atoms with Crippen molar-refractivity contribution >= 4 is 10.0 Å². The molecule has 1 atom stereocenters. The number of hydrogen-bond donors (Lipinski definition) is 2. The zero-order valence-electron chi connectivity index (χ0n) is 10.9. The molecule has 7 heteroatoms. The third-order valence-corrected chi connectivity index (χ3v) is 4.49. The summed E-state index contributed by atoms with van der Waals surface area (Å²) in [6.45, 7) is 4.61. The van der Waals surface area contributed by atoms with Gasteiger partial charge in [0.15, 0.2) is 11.6 Å². The molecule has 1 unspecified atom stereocenters. The van der Waals surface area contributed by atoms with E-state index in [9.17, 15) is 22.3 Å². The van der Waals surface area contributed by atoms with Crippen LogP contribution in [0.1, 0.15) is 20.8 Å². The van der Waals surface area contributed by atoms with Crippen LogP contribution in [0, 0.1) is 17.6 Å². The van der Waals surface area contributed by atoms with Crippen LogP contribution in [-0.2, 0) is 10.0 Å². The van der Waals surface area contributed by atoms with Crippen LogP contribution in [0.3, 0.4) is 0 Å². The highest BCUT2D eigenvalue weighted by molar-refractivity contribution is 7.89. The van der Waals surface area contributed by atoms with Crippen molar-refractivity contribution in [3.63, 3.8) is 0 Å². The average molecular weight is 293 g/mol. The molecule has 1 rings (SSSR count). The summed E-state index contributed by atoms with van der Waals surface area (Å²) in [4.78, 5) is -0.771. The second kappa shape index (κ2) is 5.52. The van der Waals surface area contributed by atoms with Crippen molar-refractivity contribution in [1.82, 2.24) is 4.72 Å². The highest BCUT2D eigenvalue weighted by Crippen LogP contribution is 2.19. The summed E-state index contributed by atoms with van der Waals surface area (Å²) in [6.07, 6.45) is 0. The predicted octanol–water partition coefficient (Wildman–Crippen LogP) is 1.65. The van der Waals surface area contributed by atoms with Gasteiger partial charge >= 0.3 is 0 Å². The van der Waals surface area contributed by atoms with Crippen molar-refractivity contribution in [1.29, 1.82) is 0 Å². The molecular formula is C12H17F2NO3S. The van der Waals surface area contributed by atoms with Gasteiger partial charge < -0.3 is 5.11 Å². The van der Waals surface area contributed by atoms with Crippen LogP contribution in [0.15, 0.2) is 23.1 Å². The third-order valence-electron chi connectivity index (χ3n) is 3.07. The summed E-state index contributed by atoms with van der Waals surface area (Å²) in [5.74, 6) is -2.87. The van der Waals surface area contributed by atoms with E-state index in [0.29, 0.717) is 0 Å². The van der Waals surface area contributed by atoms with Crippen molar-refractivity contribution in [2.75, 3.05) is 6.54 Å². The summed E-state index contributed by atoms with van der Waals surface area (Å²) in [5, 5.41) is 9.93. The molecule has 0 aliphatic carbocycles. The standard InChI is InChI=1S/C12H17F2NO3S/c1-8(2)12(3,16)7-15-19(17,18)10-6-4-5-9(13)11(10)14/h4-6,8,15-16H,7H2,1-3H3. The molecule has 1 aromatic rings. The molecule has 0 saturated heterocycles. The topological polar surface area (TPSA) is 66.4 Å². The maximum Gasteiger partial charge on any atom is 0.243 e. The molecule has 2 N–H and O–H groups in total. The monoisotopic (exact) mass is 293 g/mol. The van der Waals surface area contributed by atoms with E-state index in [4.69, 9.17) is 0 Å². The average Bonchev–Trinajstić information content (AvgIpc) is 2.30. The molecule has 0 heterocycles. The molecule has 0 aliphatic rings. The molecule has 0 radical (unpaired) electrons. The molecule has 0 bridgehead atoms. The lowest BCUT2D eigenvalue weighted by Crippen LogP contribution is -2.44. The molecule has 0 fully saturated rings. The maximum absolute atomic E-state index is 13.4. The van der Waals surface area contributed by atoms with Crippen molar-refractivity contribution in [2.45, 2.75) is 31.3 Å². The Morgan fingerprint density at radius 3 is 2.47 bits per heavy atom. The van der Waals surface area contributed by atoms with Crippen LogP contribution in [0.4, 0.5) is 8.78 Å². The Hall–Kier alpha value is -1.05. The Kier molecular flexibility index (Phi) is 4.65. The summed E-state index contributed by atoms with van der Waals surface area (Å²) in [7, 11) is -4.21. The minimum absolute atomic E-state index is 0.201. The van der Waals surface area contributed by atoms with Crippen LogP contribution in [0.25, 0.3) is 0 Å². The van der Waals surface area contributed by atoms with E-state index >= 15 is 0 Å². The fourth-order valence-corrected chi connectivity index (χ4v) is 2.44. The predicted molar refractivity (Wildman–Crippen MR) is 67.0 cm³/mol. The number of benzene rings is 1. The van der Waals surface area contributed by atoms with Crippen molar-refractivity contribution < 1.29 is 22.3 Å². The lowest BCUT2D eigenvalue weighted by atomic mass is 9.93. The second-order valence-corrected chi connectivity index (χ2v) is 6.62. The van der Waals surface area contributed by atoms with Crippen LogP contribution in [0.5, 0.6) is 0 Å². The molecule has 1 aromatic carbocycles. The summed E-state index contributed by atoms with van der Waals surface area (Å²) in [6, 6.07) is 2.90. The van der Waals surface area contributed by atoms with E-state index in [-0.39, 0.29) is 12.5 Å². The molecule has 0 aromatic heterocycles. The first-order valence-electron chi connectivity index (χ1n) is 5.74. The van der Waals surface area contributed by atoms with Gasteiger partial charge in [-0.25, -0.2) is 21.9 Å². The molecule has 108 valence electrons. The first-order valence-corrected chi connectivity index (χ1v) is 7.22. The number of aliphatic hydroxyl groups is 1. The van der Waals surface area contributed by atoms with Crippen molar-refractivity contribution in [3.8, 4) is 0 Å². The highest BCUT2D eigenvalue weighted by Gasteiger charge is 2.29. The van der Waals surface area contributed by atoms with Gasteiger partial charge in [0.2, 0.25) is 10.0 Å². The second-order valence-electron chi connectivity index (χ2n) is 4.89. The van der Waals surface area contributed by atoms with E-state index in [0.717, 1.165) is 18.2 Å². The summed E-state index contributed by atoms with van der Waals surface area (Å²) in [5.41, 5.74) is -1.28. The molecule has 4 nitrogen and oxygen atoms in total. The van der Waals surface area contributed by atoms with Gasteiger partial charge in [-0.3, -0.25) is 0 Å². The lowest BCUT2D eigenvalue weighted by molar-refractivity contribution is 0.0190. The van der Waals surface area contributed by atoms with E-state index in [2.05, 4.69) is 4.72 Å². The summed E-state index contributed by atoms with van der Waals surface area (Å²) < 4.78 is 52.2. The van der Waals surface area contributed by atoms with Crippen molar-refractivity contribution in [3.05, 3.63) is 29.8 Å². The third kappa shape index (κ3) is 3.71. The molecule has 0 amide bonds. The van der Waals surface area contributed by atoms with Crippen LogP contribution < -0.4 is 4.72 Å². The molecular weight excluding hydrogens is 276 g/mol. The number of nitrogens with one attached hydrogen (secondary N) is 1. The largest absolute Gasteiger partial charge is 0.389 e. The van der Waals surface area contributed by atoms with Crippen LogP contribution in [-0.4, -0.2) is 25.7 Å². The SMILES string of the molecule is CC(C)C(C)(O)CNS(=O)(=O)c1cccc(F)c1F.